The largest absolute Gasteiger partial charge is 0.435 e. The average Bonchev–Trinajstić information content (AvgIpc) is 2.87. The van der Waals surface area contributed by atoms with Crippen molar-refractivity contribution in [2.75, 3.05) is 0 Å². The maximum atomic E-state index is 12.4. The molecule has 1 saturated carbocycles. The van der Waals surface area contributed by atoms with Gasteiger partial charge in [0, 0.05) is 12.2 Å². The van der Waals surface area contributed by atoms with Crippen LogP contribution in [0.25, 0.3) is 5.13 Å². The van der Waals surface area contributed by atoms with Crippen molar-refractivity contribution in [3.05, 3.63) is 23.0 Å². The smallest absolute Gasteiger partial charge is 0.308 e. The second kappa shape index (κ2) is 4.57. The van der Waals surface area contributed by atoms with Gasteiger partial charge >= 0.3 is 6.18 Å². The van der Waals surface area contributed by atoms with Crippen LogP contribution in [-0.4, -0.2) is 26.0 Å². The van der Waals surface area contributed by atoms with Crippen LogP contribution < -0.4 is 5.32 Å². The summed E-state index contributed by atoms with van der Waals surface area (Å²) in [5.41, 5.74) is -0.930. The summed E-state index contributed by atoms with van der Waals surface area (Å²) in [5.74, 6) is 0. The highest BCUT2D eigenvalue weighted by atomic mass is 32.1. The number of nitrogens with zero attached hydrogens (tertiary/aromatic N) is 4. The lowest BCUT2D eigenvalue weighted by Gasteiger charge is -1.99. The van der Waals surface area contributed by atoms with Crippen molar-refractivity contribution in [1.29, 1.82) is 0 Å². The van der Waals surface area contributed by atoms with Gasteiger partial charge in [0.25, 0.3) is 0 Å². The van der Waals surface area contributed by atoms with Gasteiger partial charge in [-0.1, -0.05) is 11.3 Å². The topological polar surface area (TPSA) is 55.6 Å². The number of aromatic nitrogens is 4. The number of alkyl halides is 3. The summed E-state index contributed by atoms with van der Waals surface area (Å²) in [6.07, 6.45) is -0.868. The van der Waals surface area contributed by atoms with E-state index in [-0.39, 0.29) is 0 Å². The summed E-state index contributed by atoms with van der Waals surface area (Å²) in [7, 11) is 0. The predicted octanol–water partition coefficient (Wildman–Crippen LogP) is 1.99. The Kier molecular flexibility index (Phi) is 3.02. The van der Waals surface area contributed by atoms with Crippen LogP contribution in [0.15, 0.2) is 12.3 Å². The van der Waals surface area contributed by atoms with Crippen LogP contribution in [-0.2, 0) is 12.7 Å². The van der Waals surface area contributed by atoms with Crippen molar-refractivity contribution in [1.82, 2.24) is 25.3 Å². The van der Waals surface area contributed by atoms with E-state index in [4.69, 9.17) is 0 Å². The van der Waals surface area contributed by atoms with E-state index < -0.39 is 11.9 Å². The van der Waals surface area contributed by atoms with Crippen LogP contribution in [0.2, 0.25) is 0 Å². The summed E-state index contributed by atoms with van der Waals surface area (Å²) >= 11 is 1.23. The van der Waals surface area contributed by atoms with Crippen molar-refractivity contribution in [2.24, 2.45) is 0 Å². The Balaban J connectivity index is 1.72. The molecular weight excluding hydrogens is 279 g/mol. The Morgan fingerprint density at radius 2 is 2.16 bits per heavy atom. The van der Waals surface area contributed by atoms with Gasteiger partial charge in [0.05, 0.1) is 6.54 Å². The van der Waals surface area contributed by atoms with Gasteiger partial charge in [-0.2, -0.15) is 18.3 Å². The van der Waals surface area contributed by atoms with E-state index in [0.717, 1.165) is 15.8 Å². The first-order chi connectivity index (χ1) is 9.02. The first-order valence-electron chi connectivity index (χ1n) is 5.71. The minimum absolute atomic E-state index is 0.336. The average molecular weight is 289 g/mol. The molecule has 0 atom stereocenters. The van der Waals surface area contributed by atoms with Crippen LogP contribution >= 0.6 is 11.3 Å². The Morgan fingerprint density at radius 1 is 1.37 bits per heavy atom. The summed E-state index contributed by atoms with van der Waals surface area (Å²) in [5, 5.41) is 15.6. The van der Waals surface area contributed by atoms with E-state index in [0.29, 0.717) is 17.7 Å². The van der Waals surface area contributed by atoms with Crippen LogP contribution in [0.1, 0.15) is 23.5 Å². The summed E-state index contributed by atoms with van der Waals surface area (Å²) in [6.45, 7) is 0.593. The third-order valence-electron chi connectivity index (χ3n) is 2.65. The quantitative estimate of drug-likeness (QED) is 0.935. The SMILES string of the molecule is FC(F)(F)c1ccn(-c2nnc(CNC3CC3)s2)n1. The molecule has 0 amide bonds. The maximum absolute atomic E-state index is 12.4. The van der Waals surface area contributed by atoms with Crippen LogP contribution in [0.3, 0.4) is 0 Å². The first-order valence-corrected chi connectivity index (χ1v) is 6.53. The molecule has 102 valence electrons. The zero-order valence-electron chi connectivity index (χ0n) is 9.68. The molecule has 3 rings (SSSR count). The fraction of sp³-hybridized carbons (Fsp3) is 0.500. The minimum atomic E-state index is -4.44. The Labute approximate surface area is 110 Å². The van der Waals surface area contributed by atoms with Gasteiger partial charge in [-0.15, -0.1) is 10.2 Å². The molecule has 2 aromatic heterocycles. The van der Waals surface area contributed by atoms with Gasteiger partial charge in [0.1, 0.15) is 5.01 Å². The monoisotopic (exact) mass is 289 g/mol. The van der Waals surface area contributed by atoms with Gasteiger partial charge in [0.15, 0.2) is 5.69 Å². The lowest BCUT2D eigenvalue weighted by atomic mass is 10.4. The van der Waals surface area contributed by atoms with Gasteiger partial charge in [0.2, 0.25) is 5.13 Å². The Morgan fingerprint density at radius 3 is 2.79 bits per heavy atom. The van der Waals surface area contributed by atoms with E-state index >= 15 is 0 Å². The van der Waals surface area contributed by atoms with E-state index in [1.807, 2.05) is 0 Å². The van der Waals surface area contributed by atoms with E-state index in [2.05, 4.69) is 20.6 Å². The van der Waals surface area contributed by atoms with Crippen LogP contribution in [0.5, 0.6) is 0 Å². The second-order valence-corrected chi connectivity index (χ2v) is 5.32. The number of hydrogen-bond donors (Lipinski definition) is 1. The zero-order valence-corrected chi connectivity index (χ0v) is 10.5. The lowest BCUT2D eigenvalue weighted by molar-refractivity contribution is -0.141. The third-order valence-corrected chi connectivity index (χ3v) is 3.56. The molecule has 2 aromatic rings. The Bertz CT molecular complexity index is 572. The van der Waals surface area contributed by atoms with Crippen LogP contribution in [0, 0.1) is 0 Å². The van der Waals surface area contributed by atoms with Crippen molar-refractivity contribution >= 4 is 11.3 Å². The molecule has 0 unspecified atom stereocenters. The highest BCUT2D eigenvalue weighted by Gasteiger charge is 2.33. The molecule has 0 aliphatic heterocycles. The minimum Gasteiger partial charge on any atom is -0.308 e. The molecule has 0 spiro atoms. The molecule has 0 bridgehead atoms. The summed E-state index contributed by atoms with van der Waals surface area (Å²) in [4.78, 5) is 0. The standard InChI is InChI=1S/C10H10F3N5S/c11-10(12,13)7-3-4-18(17-7)9-16-15-8(19-9)5-14-6-1-2-6/h3-4,6,14H,1-2,5H2. The maximum Gasteiger partial charge on any atom is 0.435 e. The normalized spacial score (nSPS) is 15.9. The van der Waals surface area contributed by atoms with Gasteiger partial charge in [-0.05, 0) is 18.9 Å². The second-order valence-electron chi connectivity index (χ2n) is 4.28. The molecule has 1 aliphatic carbocycles. The van der Waals surface area contributed by atoms with Crippen molar-refractivity contribution in [2.45, 2.75) is 31.6 Å². The molecule has 5 nitrogen and oxygen atoms in total. The van der Waals surface area contributed by atoms with Crippen LogP contribution in [0.4, 0.5) is 13.2 Å². The zero-order chi connectivity index (χ0) is 13.5. The van der Waals surface area contributed by atoms with E-state index in [1.54, 1.807) is 0 Å². The molecular formula is C10H10F3N5S. The lowest BCUT2D eigenvalue weighted by Crippen LogP contribution is -2.14. The fourth-order valence-electron chi connectivity index (χ4n) is 1.51. The highest BCUT2D eigenvalue weighted by molar-refractivity contribution is 7.13. The summed E-state index contributed by atoms with van der Waals surface area (Å²) < 4.78 is 38.4. The molecule has 19 heavy (non-hydrogen) atoms. The number of hydrogen-bond acceptors (Lipinski definition) is 5. The molecule has 0 radical (unpaired) electrons. The molecule has 1 N–H and O–H groups in total. The van der Waals surface area contributed by atoms with E-state index in [9.17, 15) is 13.2 Å². The van der Waals surface area contributed by atoms with Crippen molar-refractivity contribution in [3.8, 4) is 5.13 Å². The third kappa shape index (κ3) is 2.92. The molecule has 0 saturated heterocycles. The fourth-order valence-corrected chi connectivity index (χ4v) is 2.23. The molecule has 1 aliphatic rings. The predicted molar refractivity (Wildman–Crippen MR) is 61.9 cm³/mol. The highest BCUT2D eigenvalue weighted by Crippen LogP contribution is 2.28. The van der Waals surface area contributed by atoms with Gasteiger partial charge in [-0.3, -0.25) is 0 Å². The van der Waals surface area contributed by atoms with Gasteiger partial charge < -0.3 is 5.32 Å². The van der Waals surface area contributed by atoms with E-state index in [1.165, 1.54) is 30.4 Å². The molecule has 0 aromatic carbocycles. The first kappa shape index (κ1) is 12.5. The Hall–Kier alpha value is -1.48. The number of rotatable bonds is 4. The number of nitrogens with one attached hydrogen (secondary N) is 1. The molecule has 2 heterocycles. The van der Waals surface area contributed by atoms with Crippen molar-refractivity contribution in [3.63, 3.8) is 0 Å². The van der Waals surface area contributed by atoms with Crippen molar-refractivity contribution < 1.29 is 13.2 Å². The van der Waals surface area contributed by atoms with Gasteiger partial charge in [-0.25, -0.2) is 4.68 Å². The molecule has 9 heteroatoms. The summed E-state index contributed by atoms with van der Waals surface area (Å²) in [6, 6.07) is 1.47. The molecule has 1 fully saturated rings. The number of halogens is 3.